The van der Waals surface area contributed by atoms with Crippen LogP contribution < -0.4 is 11.3 Å². The summed E-state index contributed by atoms with van der Waals surface area (Å²) in [6, 6.07) is 1.21. The second-order valence-electron chi connectivity index (χ2n) is 2.64. The van der Waals surface area contributed by atoms with Gasteiger partial charge in [0.2, 0.25) is 0 Å². The summed E-state index contributed by atoms with van der Waals surface area (Å²) in [4.78, 5) is 17.3. The first-order valence-electron chi connectivity index (χ1n) is 3.75. The normalized spacial score (nSPS) is 12.8. The molecule has 1 heterocycles. The molecule has 5 nitrogen and oxygen atoms in total. The smallest absolute Gasteiger partial charge is 0.253 e. The highest BCUT2D eigenvalue weighted by Gasteiger charge is 2.01. The highest BCUT2D eigenvalue weighted by molar-refractivity contribution is 7.99. The van der Waals surface area contributed by atoms with Crippen molar-refractivity contribution in [2.45, 2.75) is 18.2 Å². The largest absolute Gasteiger partial charge is 0.393 e. The second-order valence-corrected chi connectivity index (χ2v) is 3.64. The summed E-state index contributed by atoms with van der Waals surface area (Å²) in [6.07, 6.45) is -0.434. The van der Waals surface area contributed by atoms with Crippen molar-refractivity contribution in [1.29, 1.82) is 0 Å². The number of nitrogens with one attached hydrogen (secondary N) is 1. The zero-order valence-electron chi connectivity index (χ0n) is 7.15. The van der Waals surface area contributed by atoms with Crippen LogP contribution >= 0.6 is 11.8 Å². The average molecular weight is 201 g/mol. The van der Waals surface area contributed by atoms with Gasteiger partial charge in [0, 0.05) is 11.8 Å². The molecule has 72 valence electrons. The molecular formula is C7H11N3O2S. The van der Waals surface area contributed by atoms with E-state index in [-0.39, 0.29) is 11.4 Å². The number of aliphatic hydroxyl groups is 1. The van der Waals surface area contributed by atoms with Crippen molar-refractivity contribution in [3.8, 4) is 0 Å². The lowest BCUT2D eigenvalue weighted by atomic mass is 10.5. The van der Waals surface area contributed by atoms with E-state index in [1.54, 1.807) is 6.92 Å². The van der Waals surface area contributed by atoms with Gasteiger partial charge in [0.25, 0.3) is 5.56 Å². The van der Waals surface area contributed by atoms with Crippen LogP contribution in [0.15, 0.2) is 16.0 Å². The molecule has 1 aromatic rings. The van der Waals surface area contributed by atoms with Crippen LogP contribution in [0.2, 0.25) is 0 Å². The molecule has 0 bridgehead atoms. The third-order valence-corrected chi connectivity index (χ3v) is 2.32. The molecular weight excluding hydrogens is 190 g/mol. The number of thioether (sulfide) groups is 1. The molecule has 0 radical (unpaired) electrons. The summed E-state index contributed by atoms with van der Waals surface area (Å²) in [7, 11) is 0. The van der Waals surface area contributed by atoms with Gasteiger partial charge in [-0.25, -0.2) is 4.98 Å². The van der Waals surface area contributed by atoms with E-state index in [1.165, 1.54) is 17.8 Å². The van der Waals surface area contributed by atoms with Crippen molar-refractivity contribution in [2.24, 2.45) is 0 Å². The second kappa shape index (κ2) is 4.29. The van der Waals surface area contributed by atoms with Crippen LogP contribution in [0, 0.1) is 0 Å². The lowest BCUT2D eigenvalue weighted by Crippen LogP contribution is -2.11. The quantitative estimate of drug-likeness (QED) is 0.466. The Balaban J connectivity index is 2.72. The number of aromatic nitrogens is 2. The van der Waals surface area contributed by atoms with E-state index in [4.69, 9.17) is 10.8 Å². The first kappa shape index (κ1) is 10.1. The molecule has 1 aromatic heterocycles. The highest BCUT2D eigenvalue weighted by atomic mass is 32.2. The number of nitrogen functional groups attached to an aromatic ring is 1. The van der Waals surface area contributed by atoms with Crippen LogP contribution in [0.1, 0.15) is 6.92 Å². The van der Waals surface area contributed by atoms with E-state index in [0.717, 1.165) is 0 Å². The van der Waals surface area contributed by atoms with Gasteiger partial charge in [-0.1, -0.05) is 11.8 Å². The lowest BCUT2D eigenvalue weighted by Gasteiger charge is -2.02. The molecule has 13 heavy (non-hydrogen) atoms. The van der Waals surface area contributed by atoms with Gasteiger partial charge in [-0.3, -0.25) is 4.79 Å². The minimum absolute atomic E-state index is 0.192. The molecule has 0 aliphatic carbocycles. The Hall–Kier alpha value is -1.01. The summed E-state index contributed by atoms with van der Waals surface area (Å²) in [5.74, 6) is 0.670. The number of hydrogen-bond donors (Lipinski definition) is 3. The van der Waals surface area contributed by atoms with Crippen LogP contribution in [0.25, 0.3) is 0 Å². The molecule has 6 heteroatoms. The minimum atomic E-state index is -0.434. The Bertz CT molecular complexity index is 337. The Morgan fingerprint density at radius 2 is 2.54 bits per heavy atom. The molecule has 1 atom stereocenters. The summed E-state index contributed by atoms with van der Waals surface area (Å²) < 4.78 is 0. The fourth-order valence-electron chi connectivity index (χ4n) is 0.721. The first-order valence-corrected chi connectivity index (χ1v) is 4.74. The maximum absolute atomic E-state index is 10.9. The SMILES string of the molecule is C[C@@H](O)CSc1nc(N)cc(=O)[nH]1. The molecule has 0 aliphatic rings. The molecule has 1 rings (SSSR count). The Morgan fingerprint density at radius 1 is 1.85 bits per heavy atom. The fourth-order valence-corrected chi connectivity index (χ4v) is 1.46. The van der Waals surface area contributed by atoms with Gasteiger partial charge in [-0.2, -0.15) is 0 Å². The third kappa shape index (κ3) is 3.47. The van der Waals surface area contributed by atoms with Crippen LogP contribution in [0.4, 0.5) is 5.82 Å². The maximum Gasteiger partial charge on any atom is 0.253 e. The average Bonchev–Trinajstić information content (AvgIpc) is 1.99. The van der Waals surface area contributed by atoms with Crippen LogP contribution in [0.5, 0.6) is 0 Å². The molecule has 0 spiro atoms. The molecule has 0 amide bonds. The highest BCUT2D eigenvalue weighted by Crippen LogP contribution is 2.12. The Kier molecular flexibility index (Phi) is 3.32. The fraction of sp³-hybridized carbons (Fsp3) is 0.429. The van der Waals surface area contributed by atoms with Gasteiger partial charge in [-0.15, -0.1) is 0 Å². The molecule has 0 saturated carbocycles. The van der Waals surface area contributed by atoms with Crippen molar-refractivity contribution in [3.63, 3.8) is 0 Å². The number of aliphatic hydroxyl groups excluding tert-OH is 1. The predicted molar refractivity (Wildman–Crippen MR) is 51.7 cm³/mol. The zero-order valence-corrected chi connectivity index (χ0v) is 7.97. The number of nitrogens with two attached hydrogens (primary N) is 1. The first-order chi connectivity index (χ1) is 6.08. The number of anilines is 1. The van der Waals surface area contributed by atoms with Gasteiger partial charge < -0.3 is 15.8 Å². The van der Waals surface area contributed by atoms with Gasteiger partial charge in [-0.05, 0) is 6.92 Å². The molecule has 0 aliphatic heterocycles. The molecule has 0 aromatic carbocycles. The molecule has 0 saturated heterocycles. The van der Waals surface area contributed by atoms with Gasteiger partial charge in [0.1, 0.15) is 5.82 Å². The Morgan fingerprint density at radius 3 is 3.08 bits per heavy atom. The Labute approximate surface area is 79.4 Å². The topological polar surface area (TPSA) is 92.0 Å². The minimum Gasteiger partial charge on any atom is -0.393 e. The van der Waals surface area contributed by atoms with Crippen molar-refractivity contribution >= 4 is 17.6 Å². The van der Waals surface area contributed by atoms with Crippen molar-refractivity contribution in [1.82, 2.24) is 9.97 Å². The molecule has 0 fully saturated rings. The predicted octanol–water partition coefficient (Wildman–Crippen LogP) is -0.175. The van der Waals surface area contributed by atoms with Crippen LogP contribution in [-0.4, -0.2) is 26.9 Å². The molecule has 4 N–H and O–H groups in total. The van der Waals surface area contributed by atoms with Crippen molar-refractivity contribution < 1.29 is 5.11 Å². The number of nitrogens with zero attached hydrogens (tertiary/aromatic N) is 1. The van der Waals surface area contributed by atoms with Crippen molar-refractivity contribution in [2.75, 3.05) is 11.5 Å². The van der Waals surface area contributed by atoms with E-state index in [1.807, 2.05) is 0 Å². The van der Waals surface area contributed by atoms with Crippen LogP contribution in [0.3, 0.4) is 0 Å². The standard InChI is InChI=1S/C7H11N3O2S/c1-4(11)3-13-7-9-5(8)2-6(12)10-7/h2,4,11H,3H2,1H3,(H3,8,9,10,12)/t4-/m1/s1. The third-order valence-electron chi connectivity index (χ3n) is 1.20. The van der Waals surface area contributed by atoms with E-state index < -0.39 is 6.10 Å². The summed E-state index contributed by atoms with van der Waals surface area (Å²) in [5.41, 5.74) is 5.08. The van der Waals surface area contributed by atoms with Gasteiger partial charge in [0.15, 0.2) is 5.16 Å². The summed E-state index contributed by atoms with van der Waals surface area (Å²) >= 11 is 1.26. The van der Waals surface area contributed by atoms with Gasteiger partial charge in [0.05, 0.1) is 6.10 Å². The van der Waals surface area contributed by atoms with E-state index in [0.29, 0.717) is 10.9 Å². The zero-order chi connectivity index (χ0) is 9.84. The maximum atomic E-state index is 10.9. The number of hydrogen-bond acceptors (Lipinski definition) is 5. The summed E-state index contributed by atoms with van der Waals surface area (Å²) in [6.45, 7) is 1.66. The van der Waals surface area contributed by atoms with E-state index >= 15 is 0 Å². The summed E-state index contributed by atoms with van der Waals surface area (Å²) in [5, 5.41) is 9.42. The molecule has 0 unspecified atom stereocenters. The van der Waals surface area contributed by atoms with Crippen molar-refractivity contribution in [3.05, 3.63) is 16.4 Å². The van der Waals surface area contributed by atoms with E-state index in [2.05, 4.69) is 9.97 Å². The van der Waals surface area contributed by atoms with E-state index in [9.17, 15) is 4.79 Å². The van der Waals surface area contributed by atoms with Gasteiger partial charge >= 0.3 is 0 Å². The lowest BCUT2D eigenvalue weighted by molar-refractivity contribution is 0.220. The van der Waals surface area contributed by atoms with Crippen LogP contribution in [-0.2, 0) is 0 Å². The number of aromatic amines is 1. The number of H-pyrrole nitrogens is 1. The monoisotopic (exact) mass is 201 g/mol. The number of rotatable bonds is 3.